The summed E-state index contributed by atoms with van der Waals surface area (Å²) in [5.41, 5.74) is 0.355. The van der Waals surface area contributed by atoms with Gasteiger partial charge < -0.3 is 15.0 Å². The van der Waals surface area contributed by atoms with Gasteiger partial charge in [-0.2, -0.15) is 0 Å². The summed E-state index contributed by atoms with van der Waals surface area (Å²) < 4.78 is 5.23. The zero-order valence-corrected chi connectivity index (χ0v) is 13.7. The third-order valence-corrected chi connectivity index (χ3v) is 4.32. The van der Waals surface area contributed by atoms with E-state index in [2.05, 4.69) is 37.9 Å². The van der Waals surface area contributed by atoms with E-state index in [0.717, 1.165) is 13.0 Å². The predicted molar refractivity (Wildman–Crippen MR) is 82.6 cm³/mol. The van der Waals surface area contributed by atoms with Gasteiger partial charge in [-0.3, -0.25) is 0 Å². The van der Waals surface area contributed by atoms with Gasteiger partial charge in [0.25, 0.3) is 0 Å². The first-order valence-corrected chi connectivity index (χ1v) is 7.94. The third kappa shape index (κ3) is 6.73. The molecule has 1 fully saturated rings. The van der Waals surface area contributed by atoms with Crippen LogP contribution in [0.4, 0.5) is 0 Å². The van der Waals surface area contributed by atoms with Crippen molar-refractivity contribution in [1.82, 2.24) is 10.2 Å². The zero-order chi connectivity index (χ0) is 14.3. The van der Waals surface area contributed by atoms with E-state index in [9.17, 15) is 0 Å². The van der Waals surface area contributed by atoms with Crippen molar-refractivity contribution in [3.05, 3.63) is 0 Å². The molecule has 0 radical (unpaired) electrons. The molecule has 0 aromatic carbocycles. The standard InChI is InChI=1S/C16H34N2O/c1-6-15-8-11-18(10-7-14(2)17-15)13-16(3,4)9-12-19-5/h14-15,17H,6-13H2,1-5H3. The number of methoxy groups -OCH3 is 1. The van der Waals surface area contributed by atoms with Gasteiger partial charge in [0, 0.05) is 32.3 Å². The Hall–Kier alpha value is -0.120. The highest BCUT2D eigenvalue weighted by Gasteiger charge is 2.24. The first-order valence-electron chi connectivity index (χ1n) is 7.94. The van der Waals surface area contributed by atoms with E-state index < -0.39 is 0 Å². The molecule has 3 nitrogen and oxygen atoms in total. The predicted octanol–water partition coefficient (Wildman–Crippen LogP) is 2.90. The number of hydrogen-bond donors (Lipinski definition) is 1. The molecule has 0 aromatic heterocycles. The molecule has 1 heterocycles. The topological polar surface area (TPSA) is 24.5 Å². The van der Waals surface area contributed by atoms with Gasteiger partial charge in [0.2, 0.25) is 0 Å². The Balaban J connectivity index is 2.47. The van der Waals surface area contributed by atoms with Crippen LogP contribution in [0.1, 0.15) is 53.4 Å². The van der Waals surface area contributed by atoms with Crippen LogP contribution >= 0.6 is 0 Å². The Morgan fingerprint density at radius 1 is 1.26 bits per heavy atom. The van der Waals surface area contributed by atoms with Crippen molar-refractivity contribution in [3.63, 3.8) is 0 Å². The molecule has 0 bridgehead atoms. The molecule has 0 aromatic rings. The van der Waals surface area contributed by atoms with Crippen molar-refractivity contribution in [3.8, 4) is 0 Å². The highest BCUT2D eigenvalue weighted by Crippen LogP contribution is 2.23. The van der Waals surface area contributed by atoms with Crippen molar-refractivity contribution in [2.24, 2.45) is 5.41 Å². The van der Waals surface area contributed by atoms with Gasteiger partial charge in [-0.25, -0.2) is 0 Å². The molecule has 1 N–H and O–H groups in total. The monoisotopic (exact) mass is 270 g/mol. The molecule has 0 saturated carbocycles. The molecule has 114 valence electrons. The maximum Gasteiger partial charge on any atom is 0.0467 e. The summed E-state index contributed by atoms with van der Waals surface area (Å²) in [5.74, 6) is 0. The lowest BCUT2D eigenvalue weighted by Gasteiger charge is -2.36. The molecular weight excluding hydrogens is 236 g/mol. The molecule has 2 unspecified atom stereocenters. The zero-order valence-electron chi connectivity index (χ0n) is 13.7. The molecular formula is C16H34N2O. The van der Waals surface area contributed by atoms with Gasteiger partial charge in [-0.1, -0.05) is 20.8 Å². The molecule has 0 aliphatic carbocycles. The summed E-state index contributed by atoms with van der Waals surface area (Å²) >= 11 is 0. The maximum absolute atomic E-state index is 5.23. The molecule has 1 aliphatic heterocycles. The van der Waals surface area contributed by atoms with Crippen molar-refractivity contribution in [1.29, 1.82) is 0 Å². The quantitative estimate of drug-likeness (QED) is 0.803. The number of rotatable bonds is 6. The maximum atomic E-state index is 5.23. The molecule has 19 heavy (non-hydrogen) atoms. The van der Waals surface area contributed by atoms with Crippen LogP contribution in [0, 0.1) is 5.41 Å². The van der Waals surface area contributed by atoms with Crippen LogP contribution in [0.5, 0.6) is 0 Å². The van der Waals surface area contributed by atoms with Crippen LogP contribution in [-0.2, 0) is 4.74 Å². The van der Waals surface area contributed by atoms with Gasteiger partial charge in [0.15, 0.2) is 0 Å². The fourth-order valence-corrected chi connectivity index (χ4v) is 2.94. The number of hydrogen-bond acceptors (Lipinski definition) is 3. The van der Waals surface area contributed by atoms with Crippen LogP contribution in [0.2, 0.25) is 0 Å². The first kappa shape index (κ1) is 16.9. The van der Waals surface area contributed by atoms with Crippen molar-refractivity contribution in [2.75, 3.05) is 33.4 Å². The van der Waals surface area contributed by atoms with E-state index in [1.807, 2.05) is 0 Å². The second-order valence-electron chi connectivity index (χ2n) is 6.93. The van der Waals surface area contributed by atoms with Crippen molar-refractivity contribution < 1.29 is 4.74 Å². The molecule has 1 rings (SSSR count). The highest BCUT2D eigenvalue weighted by molar-refractivity contribution is 4.80. The molecule has 1 aliphatic rings. The lowest BCUT2D eigenvalue weighted by atomic mass is 9.88. The fourth-order valence-electron chi connectivity index (χ4n) is 2.94. The minimum absolute atomic E-state index is 0.355. The summed E-state index contributed by atoms with van der Waals surface area (Å²) in [6.07, 6.45) is 4.92. The Labute approximate surface area is 120 Å². The van der Waals surface area contributed by atoms with E-state index in [1.54, 1.807) is 7.11 Å². The van der Waals surface area contributed by atoms with E-state index in [-0.39, 0.29) is 0 Å². The van der Waals surface area contributed by atoms with Crippen LogP contribution < -0.4 is 5.32 Å². The average molecular weight is 270 g/mol. The van der Waals surface area contributed by atoms with E-state index in [1.165, 1.54) is 38.9 Å². The van der Waals surface area contributed by atoms with Crippen molar-refractivity contribution in [2.45, 2.75) is 65.5 Å². The smallest absolute Gasteiger partial charge is 0.0467 e. The first-order chi connectivity index (χ1) is 8.96. The Morgan fingerprint density at radius 2 is 1.95 bits per heavy atom. The summed E-state index contributed by atoms with van der Waals surface area (Å²) in [6.45, 7) is 13.9. The van der Waals surface area contributed by atoms with Crippen LogP contribution in [0.15, 0.2) is 0 Å². The molecule has 0 amide bonds. The summed E-state index contributed by atoms with van der Waals surface area (Å²) in [5, 5.41) is 3.74. The van der Waals surface area contributed by atoms with Gasteiger partial charge in [-0.05, 0) is 51.1 Å². The van der Waals surface area contributed by atoms with E-state index in [4.69, 9.17) is 4.74 Å². The molecule has 0 spiro atoms. The Morgan fingerprint density at radius 3 is 2.58 bits per heavy atom. The highest BCUT2D eigenvalue weighted by atomic mass is 16.5. The normalized spacial score (nSPS) is 27.0. The molecule has 3 heteroatoms. The minimum Gasteiger partial charge on any atom is -0.385 e. The Bertz CT molecular complexity index is 243. The fraction of sp³-hybridized carbons (Fsp3) is 1.00. The van der Waals surface area contributed by atoms with E-state index in [0.29, 0.717) is 17.5 Å². The SMILES string of the molecule is CCC1CCN(CC(C)(C)CCOC)CCC(C)N1. The molecule has 2 atom stereocenters. The third-order valence-electron chi connectivity index (χ3n) is 4.32. The average Bonchev–Trinajstić information content (AvgIpc) is 2.35. The number of nitrogens with zero attached hydrogens (tertiary/aromatic N) is 1. The molecule has 1 saturated heterocycles. The van der Waals surface area contributed by atoms with Gasteiger partial charge >= 0.3 is 0 Å². The minimum atomic E-state index is 0.355. The summed E-state index contributed by atoms with van der Waals surface area (Å²) in [7, 11) is 1.80. The van der Waals surface area contributed by atoms with E-state index >= 15 is 0 Å². The largest absolute Gasteiger partial charge is 0.385 e. The Kier molecular flexibility index (Phi) is 7.33. The lowest BCUT2D eigenvalue weighted by molar-refractivity contribution is 0.106. The van der Waals surface area contributed by atoms with Gasteiger partial charge in [-0.15, -0.1) is 0 Å². The van der Waals surface area contributed by atoms with Crippen LogP contribution in [-0.4, -0.2) is 50.3 Å². The lowest BCUT2D eigenvalue weighted by Crippen LogP contribution is -2.46. The van der Waals surface area contributed by atoms with Crippen molar-refractivity contribution >= 4 is 0 Å². The number of nitrogens with one attached hydrogen (secondary N) is 1. The summed E-state index contributed by atoms with van der Waals surface area (Å²) in [4.78, 5) is 2.66. The second kappa shape index (κ2) is 8.23. The van der Waals surface area contributed by atoms with Crippen LogP contribution in [0.3, 0.4) is 0 Å². The van der Waals surface area contributed by atoms with Gasteiger partial charge in [0.05, 0.1) is 0 Å². The van der Waals surface area contributed by atoms with Crippen LogP contribution in [0.25, 0.3) is 0 Å². The van der Waals surface area contributed by atoms with Gasteiger partial charge in [0.1, 0.15) is 0 Å². The second-order valence-corrected chi connectivity index (χ2v) is 6.93. The summed E-state index contributed by atoms with van der Waals surface area (Å²) in [6, 6.07) is 1.34. The number of ether oxygens (including phenoxy) is 1.